The van der Waals surface area contributed by atoms with E-state index in [0.29, 0.717) is 21.5 Å². The molecule has 0 saturated heterocycles. The summed E-state index contributed by atoms with van der Waals surface area (Å²) in [6.45, 7) is 1.75. The third-order valence-electron chi connectivity index (χ3n) is 2.24. The molecule has 1 aromatic carbocycles. The molecule has 2 aromatic rings. The number of rotatable bonds is 1. The maximum atomic E-state index is 13.1. The van der Waals surface area contributed by atoms with Crippen molar-refractivity contribution in [3.05, 3.63) is 46.4 Å². The van der Waals surface area contributed by atoms with Crippen LogP contribution < -0.4 is 0 Å². The molecule has 0 aliphatic heterocycles. The Morgan fingerprint density at radius 1 is 1.19 bits per heavy atom. The summed E-state index contributed by atoms with van der Waals surface area (Å²) in [7, 11) is 0. The van der Waals surface area contributed by atoms with Crippen LogP contribution in [0.25, 0.3) is 11.3 Å². The van der Waals surface area contributed by atoms with Gasteiger partial charge in [-0.05, 0) is 19.1 Å². The zero-order valence-electron chi connectivity index (χ0n) is 8.42. The van der Waals surface area contributed by atoms with E-state index in [-0.39, 0.29) is 0 Å². The van der Waals surface area contributed by atoms with Crippen LogP contribution in [0.2, 0.25) is 0 Å². The second-order valence-electron chi connectivity index (χ2n) is 3.37. The second kappa shape index (κ2) is 4.09. The van der Waals surface area contributed by atoms with Gasteiger partial charge in [-0.3, -0.25) is 0 Å². The first kappa shape index (κ1) is 10.9. The third-order valence-corrected chi connectivity index (χ3v) is 2.65. The third kappa shape index (κ3) is 1.99. The highest BCUT2D eigenvalue weighted by Crippen LogP contribution is 2.22. The first-order valence-corrected chi connectivity index (χ1v) is 4.99. The number of nitrogens with zero attached hydrogens (tertiary/aromatic N) is 1. The molecule has 0 saturated carbocycles. The molecule has 1 heterocycles. The minimum absolute atomic E-state index is 0.415. The SMILES string of the molecule is Cc1c(-c2cc(F)cc(F)c2)[nH]cnc1=S. The maximum Gasteiger partial charge on any atom is 0.132 e. The molecule has 0 amide bonds. The Bertz CT molecular complexity index is 573. The largest absolute Gasteiger partial charge is 0.346 e. The summed E-state index contributed by atoms with van der Waals surface area (Å²) in [4.78, 5) is 6.72. The van der Waals surface area contributed by atoms with Crippen LogP contribution >= 0.6 is 12.2 Å². The monoisotopic (exact) mass is 238 g/mol. The summed E-state index contributed by atoms with van der Waals surface area (Å²) >= 11 is 4.99. The zero-order chi connectivity index (χ0) is 11.7. The van der Waals surface area contributed by atoms with Crippen LogP contribution in [0.15, 0.2) is 24.5 Å². The van der Waals surface area contributed by atoms with Gasteiger partial charge in [0.25, 0.3) is 0 Å². The Morgan fingerprint density at radius 3 is 2.44 bits per heavy atom. The fraction of sp³-hybridized carbons (Fsp3) is 0.0909. The first-order valence-electron chi connectivity index (χ1n) is 4.58. The molecule has 2 rings (SSSR count). The molecule has 0 unspecified atom stereocenters. The van der Waals surface area contributed by atoms with Gasteiger partial charge in [0.2, 0.25) is 0 Å². The highest BCUT2D eigenvalue weighted by Gasteiger charge is 2.07. The van der Waals surface area contributed by atoms with Crippen LogP contribution in [0.3, 0.4) is 0 Å². The summed E-state index contributed by atoms with van der Waals surface area (Å²) in [5.41, 5.74) is 1.70. The van der Waals surface area contributed by atoms with Crippen LogP contribution in [0, 0.1) is 23.2 Å². The van der Waals surface area contributed by atoms with Gasteiger partial charge >= 0.3 is 0 Å². The Labute approximate surface area is 96.0 Å². The Balaban J connectivity index is 2.67. The fourth-order valence-electron chi connectivity index (χ4n) is 1.47. The molecule has 5 heteroatoms. The van der Waals surface area contributed by atoms with Crippen molar-refractivity contribution < 1.29 is 8.78 Å². The molecule has 1 N–H and O–H groups in total. The van der Waals surface area contributed by atoms with E-state index in [0.717, 1.165) is 6.07 Å². The van der Waals surface area contributed by atoms with E-state index in [4.69, 9.17) is 12.2 Å². The van der Waals surface area contributed by atoms with Crippen molar-refractivity contribution in [2.75, 3.05) is 0 Å². The average Bonchev–Trinajstić information content (AvgIpc) is 2.20. The summed E-state index contributed by atoms with van der Waals surface area (Å²) < 4.78 is 26.5. The quantitative estimate of drug-likeness (QED) is 0.771. The molecule has 2 nitrogen and oxygen atoms in total. The number of benzene rings is 1. The Morgan fingerprint density at radius 2 is 1.81 bits per heavy atom. The molecule has 0 aliphatic rings. The number of hydrogen-bond donors (Lipinski definition) is 1. The van der Waals surface area contributed by atoms with Gasteiger partial charge in [-0.15, -0.1) is 0 Å². The summed E-state index contributed by atoms with van der Waals surface area (Å²) in [6.07, 6.45) is 1.41. The molecule has 0 atom stereocenters. The number of hydrogen-bond acceptors (Lipinski definition) is 2. The first-order chi connectivity index (χ1) is 7.58. The van der Waals surface area contributed by atoms with Gasteiger partial charge in [-0.2, -0.15) is 0 Å². The van der Waals surface area contributed by atoms with E-state index in [2.05, 4.69) is 9.97 Å². The molecular formula is C11H8F2N2S. The van der Waals surface area contributed by atoms with Gasteiger partial charge in [0, 0.05) is 17.2 Å². The van der Waals surface area contributed by atoms with Crippen LogP contribution in [-0.2, 0) is 0 Å². The number of nitrogens with one attached hydrogen (secondary N) is 1. The molecule has 0 radical (unpaired) electrons. The van der Waals surface area contributed by atoms with Crippen molar-refractivity contribution in [3.63, 3.8) is 0 Å². The lowest BCUT2D eigenvalue weighted by molar-refractivity contribution is 0.584. The molecule has 16 heavy (non-hydrogen) atoms. The fourth-order valence-corrected chi connectivity index (χ4v) is 1.62. The van der Waals surface area contributed by atoms with Gasteiger partial charge in [-0.1, -0.05) is 12.2 Å². The van der Waals surface area contributed by atoms with Crippen LogP contribution in [0.1, 0.15) is 5.56 Å². The van der Waals surface area contributed by atoms with Crippen LogP contribution in [0.4, 0.5) is 8.78 Å². The van der Waals surface area contributed by atoms with Crippen molar-refractivity contribution in [3.8, 4) is 11.3 Å². The van der Waals surface area contributed by atoms with Crippen LogP contribution in [0.5, 0.6) is 0 Å². The van der Waals surface area contributed by atoms with Crippen molar-refractivity contribution in [2.24, 2.45) is 0 Å². The van der Waals surface area contributed by atoms with E-state index in [1.54, 1.807) is 6.92 Å². The van der Waals surface area contributed by atoms with E-state index in [1.165, 1.54) is 18.5 Å². The lowest BCUT2D eigenvalue weighted by Crippen LogP contribution is -1.93. The van der Waals surface area contributed by atoms with E-state index in [1.807, 2.05) is 0 Å². The average molecular weight is 238 g/mol. The minimum atomic E-state index is -0.620. The van der Waals surface area contributed by atoms with Crippen molar-refractivity contribution in [2.45, 2.75) is 6.92 Å². The van der Waals surface area contributed by atoms with Crippen molar-refractivity contribution in [1.82, 2.24) is 9.97 Å². The van der Waals surface area contributed by atoms with Crippen molar-refractivity contribution in [1.29, 1.82) is 0 Å². The lowest BCUT2D eigenvalue weighted by Gasteiger charge is -2.05. The number of aromatic nitrogens is 2. The zero-order valence-corrected chi connectivity index (χ0v) is 9.24. The number of H-pyrrole nitrogens is 1. The molecule has 1 aromatic heterocycles. The highest BCUT2D eigenvalue weighted by atomic mass is 32.1. The van der Waals surface area contributed by atoms with Crippen molar-refractivity contribution >= 4 is 12.2 Å². The second-order valence-corrected chi connectivity index (χ2v) is 3.75. The Hall–Kier alpha value is -1.62. The highest BCUT2D eigenvalue weighted by molar-refractivity contribution is 7.71. The van der Waals surface area contributed by atoms with Gasteiger partial charge in [-0.25, -0.2) is 13.8 Å². The van der Waals surface area contributed by atoms with Gasteiger partial charge < -0.3 is 4.98 Å². The predicted molar refractivity (Wildman–Crippen MR) is 59.5 cm³/mol. The van der Waals surface area contributed by atoms with Gasteiger partial charge in [0.05, 0.1) is 12.0 Å². The summed E-state index contributed by atoms with van der Waals surface area (Å²) in [6, 6.07) is 3.32. The summed E-state index contributed by atoms with van der Waals surface area (Å²) in [5.74, 6) is -1.24. The molecule has 82 valence electrons. The minimum Gasteiger partial charge on any atom is -0.346 e. The molecule has 0 spiro atoms. The Kier molecular flexibility index (Phi) is 2.78. The normalized spacial score (nSPS) is 10.4. The number of halogens is 2. The van der Waals surface area contributed by atoms with Crippen LogP contribution in [-0.4, -0.2) is 9.97 Å². The molecule has 0 bridgehead atoms. The number of aromatic amines is 1. The summed E-state index contributed by atoms with van der Waals surface area (Å²) in [5, 5.41) is 0. The molecular weight excluding hydrogens is 230 g/mol. The standard InChI is InChI=1S/C11H8F2N2S/c1-6-10(14-5-15-11(6)16)7-2-8(12)4-9(13)3-7/h2-5H,1H3,(H,14,15,16). The maximum absolute atomic E-state index is 13.1. The lowest BCUT2D eigenvalue weighted by atomic mass is 10.1. The predicted octanol–water partition coefficient (Wildman–Crippen LogP) is 3.39. The molecule has 0 aliphatic carbocycles. The molecule has 0 fully saturated rings. The van der Waals surface area contributed by atoms with Gasteiger partial charge in [0.1, 0.15) is 16.3 Å². The van der Waals surface area contributed by atoms with E-state index in [9.17, 15) is 8.78 Å². The van der Waals surface area contributed by atoms with E-state index >= 15 is 0 Å². The van der Waals surface area contributed by atoms with E-state index < -0.39 is 11.6 Å². The smallest absolute Gasteiger partial charge is 0.132 e. The topological polar surface area (TPSA) is 28.7 Å². The van der Waals surface area contributed by atoms with Gasteiger partial charge in [0.15, 0.2) is 0 Å².